The highest BCUT2D eigenvalue weighted by molar-refractivity contribution is 7.98. The molecule has 10 aromatic rings. The Labute approximate surface area is 715 Å². The normalized spacial score (nSPS) is 13.5. The Balaban J connectivity index is 0.000000166. The molecule has 3 aliphatic heterocycles. The highest BCUT2D eigenvalue weighted by Gasteiger charge is 2.32. The summed E-state index contributed by atoms with van der Waals surface area (Å²) in [5.41, 5.74) is 18.4. The second-order valence-corrected chi connectivity index (χ2v) is 34.3. The van der Waals surface area contributed by atoms with Gasteiger partial charge in [-0.15, -0.1) is 23.5 Å². The van der Waals surface area contributed by atoms with Crippen LogP contribution in [0.4, 0.5) is 21.5 Å². The molecule has 10 aromatic carbocycles. The summed E-state index contributed by atoms with van der Waals surface area (Å²) in [6, 6.07) is 61.7. The molecule has 0 aliphatic carbocycles. The fourth-order valence-electron chi connectivity index (χ4n) is 13.6. The summed E-state index contributed by atoms with van der Waals surface area (Å²) in [6.07, 6.45) is 8.29. The highest BCUT2D eigenvalue weighted by Crippen LogP contribution is 2.41. The van der Waals surface area contributed by atoms with Gasteiger partial charge in [0, 0.05) is 117 Å². The van der Waals surface area contributed by atoms with Gasteiger partial charge in [0.2, 0.25) is 21.8 Å². The summed E-state index contributed by atoms with van der Waals surface area (Å²) in [4.78, 5) is 54.5. The number of carbonyl (C=O) groups excluding carboxylic acids is 4. The Morgan fingerprint density at radius 2 is 0.853 bits per heavy atom. The van der Waals surface area contributed by atoms with Gasteiger partial charge in [-0.1, -0.05) is 151 Å². The largest absolute Gasteiger partial charge is 0.380 e. The molecule has 3 aliphatic rings. The number of nitrogens with zero attached hydrogens (tertiary/aromatic N) is 3. The van der Waals surface area contributed by atoms with Crippen molar-refractivity contribution < 1.29 is 55.7 Å². The summed E-state index contributed by atoms with van der Waals surface area (Å²) >= 11 is 34.0. The standard InChI is InChI=1S/C19H20ClFO2.C19H21NO2S.C19H23NO2S.C18H17Cl2NO2.C17H17Cl2NO3S/c1-12(2)8-19(22)14-4-6-16(15(9-14)11-23-3)13-5-7-17(20)18(21)10-13;1-22-13-15-12-16(20-11-3-4-19(20)21)7-10-18(15)14-5-8-17(23-2)9-6-14;1-13(2)20-19(21)15-7-10-18(16(11-15)12-22-3)14-5-8-17(23-4)9-6-14;1-23-11-13-9-17(21-8-2-3-18(21)22)16(20)10-15(13)12-4-6-14(19)7-5-12;1-23-11-13-9-17(20-7-2-8-24(20,21)22)16(19)10-15(13)12-3-5-14(18)6-4-12/h4-7,9-10,12H,8,11H2,1-3H3;5-10,12H,3-4,11,13H2,1-2H3;5-11,13H,12H2,1-4H3,(H,20,21);4-7,9-10H,2-3,8,11H2,1H3;3-6,9-10H,2,7-8,11H2,1H3. The minimum atomic E-state index is -3.29. The highest BCUT2D eigenvalue weighted by atomic mass is 35.5. The van der Waals surface area contributed by atoms with Gasteiger partial charge in [-0.2, -0.15) is 0 Å². The minimum absolute atomic E-state index is 0.0540. The summed E-state index contributed by atoms with van der Waals surface area (Å²) < 4.78 is 66.0. The molecule has 0 atom stereocenters. The third-order valence-corrected chi connectivity index (χ3v) is 24.0. The lowest BCUT2D eigenvalue weighted by Crippen LogP contribution is -2.30. The Kier molecular flexibility index (Phi) is 35.3. The number of rotatable bonds is 25. The number of hydrogen-bond donors (Lipinski definition) is 1. The number of ketones is 1. The molecule has 0 saturated carbocycles. The van der Waals surface area contributed by atoms with Crippen molar-refractivity contribution in [2.24, 2.45) is 5.92 Å². The maximum absolute atomic E-state index is 13.7. The van der Waals surface area contributed by atoms with Crippen molar-refractivity contribution in [1.29, 1.82) is 0 Å². The Morgan fingerprint density at radius 3 is 1.28 bits per heavy atom. The lowest BCUT2D eigenvalue weighted by atomic mass is 9.94. The van der Waals surface area contributed by atoms with Gasteiger partial charge in [0.1, 0.15) is 5.82 Å². The number of methoxy groups -OCH3 is 5. The van der Waals surface area contributed by atoms with Crippen LogP contribution in [-0.4, -0.2) is 111 Å². The van der Waals surface area contributed by atoms with Crippen molar-refractivity contribution in [3.05, 3.63) is 264 Å². The molecule has 24 heteroatoms. The number of nitrogens with one attached hydrogen (secondary N) is 1. The zero-order valence-corrected chi connectivity index (χ0v) is 73.3. The quantitative estimate of drug-likeness (QED) is 0.0424. The van der Waals surface area contributed by atoms with E-state index in [1.54, 1.807) is 100 Å². The molecule has 0 spiro atoms. The monoisotopic (exact) mass is 1720 g/mol. The molecule has 612 valence electrons. The molecule has 0 aromatic heterocycles. The molecule has 3 saturated heterocycles. The first kappa shape index (κ1) is 91.8. The number of halogens is 6. The van der Waals surface area contributed by atoms with Crippen LogP contribution in [0.1, 0.15) is 115 Å². The van der Waals surface area contributed by atoms with Crippen LogP contribution in [0.5, 0.6) is 0 Å². The molecule has 3 heterocycles. The van der Waals surface area contributed by atoms with E-state index in [1.807, 2.05) is 118 Å². The van der Waals surface area contributed by atoms with E-state index in [-0.39, 0.29) is 40.3 Å². The van der Waals surface area contributed by atoms with Crippen LogP contribution in [0.2, 0.25) is 25.1 Å². The fraction of sp³-hybridized carbons (Fsp3) is 0.304. The molecule has 3 amide bonds. The van der Waals surface area contributed by atoms with Crippen LogP contribution in [0.3, 0.4) is 0 Å². The first-order valence-corrected chi connectivity index (χ1v) is 43.9. The summed E-state index contributed by atoms with van der Waals surface area (Å²) in [6.45, 7) is 12.1. The predicted molar refractivity (Wildman–Crippen MR) is 477 cm³/mol. The Bertz CT molecular complexity index is 5140. The topological polar surface area (TPSA) is 170 Å². The smallest absolute Gasteiger partial charge is 0.251 e. The van der Waals surface area contributed by atoms with E-state index in [2.05, 4.69) is 78.5 Å². The number of anilines is 3. The van der Waals surface area contributed by atoms with E-state index in [4.69, 9.17) is 81.7 Å². The van der Waals surface area contributed by atoms with E-state index in [9.17, 15) is 32.0 Å². The van der Waals surface area contributed by atoms with E-state index >= 15 is 0 Å². The molecular formula is C92H98Cl5FN4O11S3. The van der Waals surface area contributed by atoms with E-state index < -0.39 is 15.8 Å². The van der Waals surface area contributed by atoms with Gasteiger partial charge in [-0.05, 0) is 250 Å². The lowest BCUT2D eigenvalue weighted by molar-refractivity contribution is -0.117. The van der Waals surface area contributed by atoms with Crippen LogP contribution in [-0.2, 0) is 76.3 Å². The predicted octanol–water partition coefficient (Wildman–Crippen LogP) is 23.5. The number of thioether (sulfide) groups is 2. The van der Waals surface area contributed by atoms with Gasteiger partial charge in [-0.3, -0.25) is 23.5 Å². The number of carbonyl (C=O) groups is 4. The van der Waals surface area contributed by atoms with Gasteiger partial charge in [0.05, 0.1) is 65.2 Å². The fourth-order valence-corrected chi connectivity index (χ4v) is 17.0. The molecule has 15 nitrogen and oxygen atoms in total. The average molecular weight is 1730 g/mol. The maximum Gasteiger partial charge on any atom is 0.251 e. The van der Waals surface area contributed by atoms with Crippen molar-refractivity contribution in [2.45, 2.75) is 115 Å². The zero-order chi connectivity index (χ0) is 83.8. The van der Waals surface area contributed by atoms with Gasteiger partial charge in [-0.25, -0.2) is 12.8 Å². The molecule has 0 bridgehead atoms. The summed E-state index contributed by atoms with van der Waals surface area (Å²) in [7, 11) is 4.93. The van der Waals surface area contributed by atoms with Crippen molar-refractivity contribution in [3.63, 3.8) is 0 Å². The van der Waals surface area contributed by atoms with Crippen molar-refractivity contribution >= 4 is 132 Å². The van der Waals surface area contributed by atoms with E-state index in [1.165, 1.54) is 31.8 Å². The summed E-state index contributed by atoms with van der Waals surface area (Å²) in [5, 5.41) is 5.33. The third kappa shape index (κ3) is 25.0. The average Bonchev–Trinajstić information content (AvgIpc) is 1.60. The molecule has 116 heavy (non-hydrogen) atoms. The number of benzene rings is 10. The molecule has 0 unspecified atom stereocenters. The first-order valence-electron chi connectivity index (χ1n) is 37.9. The number of hydrogen-bond acceptors (Lipinski definition) is 13. The zero-order valence-electron chi connectivity index (χ0n) is 67.1. The van der Waals surface area contributed by atoms with Gasteiger partial charge in [0.15, 0.2) is 5.78 Å². The van der Waals surface area contributed by atoms with Crippen molar-refractivity contribution in [1.82, 2.24) is 5.32 Å². The van der Waals surface area contributed by atoms with E-state index in [0.717, 1.165) is 103 Å². The van der Waals surface area contributed by atoms with Gasteiger partial charge in [0.25, 0.3) is 5.91 Å². The maximum atomic E-state index is 13.7. The summed E-state index contributed by atoms with van der Waals surface area (Å²) in [5.74, 6) is 0.376. The molecule has 0 radical (unpaired) electrons. The number of Topliss-reactive ketones (excluding diaryl/α,β-unsaturated/α-hetero) is 1. The second-order valence-electron chi connectivity index (χ2n) is 28.5. The SMILES string of the molecule is COCc1cc(C(=O)CC(C)C)ccc1-c1ccc(Cl)c(F)c1.COCc1cc(C(=O)NC(C)C)ccc1-c1ccc(SC)cc1.COCc1cc(N2CCCC2=O)c(Cl)cc1-c1ccc(Cl)cc1.COCc1cc(N2CCCC2=O)ccc1-c1ccc(SC)cc1.COCc1cc(N2CCCS2(=O)=O)c(Cl)cc1-c1ccc(Cl)cc1. The van der Waals surface area contributed by atoms with Crippen LogP contribution < -0.4 is 19.4 Å². The Morgan fingerprint density at radius 1 is 0.448 bits per heavy atom. The Hall–Kier alpha value is -8.09. The van der Waals surface area contributed by atoms with Crippen LogP contribution in [0.15, 0.2) is 204 Å². The number of sulfonamides is 1. The minimum Gasteiger partial charge on any atom is -0.380 e. The van der Waals surface area contributed by atoms with Gasteiger partial charge < -0.3 is 38.8 Å². The van der Waals surface area contributed by atoms with Gasteiger partial charge >= 0.3 is 0 Å². The molecule has 3 fully saturated rings. The lowest BCUT2D eigenvalue weighted by Gasteiger charge is -2.21. The van der Waals surface area contributed by atoms with Crippen LogP contribution in [0.25, 0.3) is 55.6 Å². The van der Waals surface area contributed by atoms with Crippen LogP contribution >= 0.6 is 81.5 Å². The number of ether oxygens (including phenoxy) is 5. The number of amides is 3. The molecular weight excluding hydrogens is 1630 g/mol. The first-order chi connectivity index (χ1) is 55.7. The van der Waals surface area contributed by atoms with Crippen molar-refractivity contribution in [3.8, 4) is 55.6 Å². The van der Waals surface area contributed by atoms with E-state index in [0.29, 0.717) is 120 Å². The molecule has 13 rings (SSSR count). The van der Waals surface area contributed by atoms with Crippen molar-refractivity contribution in [2.75, 3.05) is 87.6 Å². The van der Waals surface area contributed by atoms with Crippen LogP contribution in [0, 0.1) is 11.7 Å². The third-order valence-electron chi connectivity index (χ3n) is 19.2. The molecule has 1 N–H and O–H groups in total. The second kappa shape index (κ2) is 44.6.